The average molecular weight is 245 g/mol. The lowest BCUT2D eigenvalue weighted by Gasteiger charge is -2.06. The van der Waals surface area contributed by atoms with Crippen molar-refractivity contribution >= 4 is 32.3 Å². The highest BCUT2D eigenvalue weighted by Gasteiger charge is 2.05. The molecule has 0 amide bonds. The van der Waals surface area contributed by atoms with Crippen molar-refractivity contribution in [2.75, 3.05) is 0 Å². The van der Waals surface area contributed by atoms with Crippen molar-refractivity contribution < 1.29 is 0 Å². The second kappa shape index (κ2) is 3.69. The third kappa shape index (κ3) is 1.40. The molecule has 0 aliphatic rings. The topological polar surface area (TPSA) is 32.9 Å². The predicted molar refractivity (Wildman–Crippen MR) is 79.6 cm³/mol. The van der Waals surface area contributed by atoms with Gasteiger partial charge in [-0.1, -0.05) is 42.5 Å². The van der Waals surface area contributed by atoms with E-state index in [4.69, 9.17) is 0 Å². The normalized spacial score (nSPS) is 11.4. The van der Waals surface area contributed by atoms with Gasteiger partial charge < -0.3 is 4.98 Å². The third-order valence-electron chi connectivity index (χ3n) is 3.68. The van der Waals surface area contributed by atoms with Gasteiger partial charge in [-0.05, 0) is 39.1 Å². The van der Waals surface area contributed by atoms with Crippen LogP contribution in [0.4, 0.5) is 0 Å². The monoisotopic (exact) mass is 245 g/mol. The fourth-order valence-corrected chi connectivity index (χ4v) is 2.77. The van der Waals surface area contributed by atoms with Gasteiger partial charge in [0.15, 0.2) is 0 Å². The van der Waals surface area contributed by atoms with Crippen LogP contribution in [0.2, 0.25) is 0 Å². The van der Waals surface area contributed by atoms with Gasteiger partial charge in [0.25, 0.3) is 5.56 Å². The number of hydrogen-bond acceptors (Lipinski definition) is 1. The first-order valence-corrected chi connectivity index (χ1v) is 6.26. The molecule has 1 heterocycles. The molecule has 0 saturated carbocycles. The number of hydrogen-bond donors (Lipinski definition) is 1. The molecule has 1 aromatic heterocycles. The van der Waals surface area contributed by atoms with Crippen LogP contribution in [0.5, 0.6) is 0 Å². The van der Waals surface area contributed by atoms with Crippen molar-refractivity contribution in [2.24, 2.45) is 0 Å². The van der Waals surface area contributed by atoms with E-state index >= 15 is 0 Å². The number of aromatic nitrogens is 1. The fraction of sp³-hybridized carbons (Fsp3) is 0. The van der Waals surface area contributed by atoms with Crippen LogP contribution in [-0.4, -0.2) is 4.98 Å². The Morgan fingerprint density at radius 1 is 0.632 bits per heavy atom. The van der Waals surface area contributed by atoms with E-state index in [2.05, 4.69) is 29.2 Å². The van der Waals surface area contributed by atoms with Gasteiger partial charge in [-0.25, -0.2) is 0 Å². The van der Waals surface area contributed by atoms with Gasteiger partial charge in [-0.3, -0.25) is 4.79 Å². The Bertz CT molecular complexity index is 982. The minimum Gasteiger partial charge on any atom is -0.329 e. The smallest absolute Gasteiger partial charge is 0.255 e. The van der Waals surface area contributed by atoms with Crippen LogP contribution in [0.15, 0.2) is 65.6 Å². The highest BCUT2D eigenvalue weighted by molar-refractivity contribution is 6.16. The Balaban J connectivity index is 2.33. The van der Waals surface area contributed by atoms with Crippen LogP contribution in [0, 0.1) is 0 Å². The number of pyridine rings is 1. The van der Waals surface area contributed by atoms with Crippen molar-refractivity contribution in [1.82, 2.24) is 4.98 Å². The summed E-state index contributed by atoms with van der Waals surface area (Å²) in [6.07, 6.45) is 1.71. The number of aromatic amines is 1. The zero-order valence-electron chi connectivity index (χ0n) is 10.2. The Labute approximate surface area is 109 Å². The van der Waals surface area contributed by atoms with E-state index in [-0.39, 0.29) is 5.56 Å². The van der Waals surface area contributed by atoms with Crippen LogP contribution in [0.3, 0.4) is 0 Å². The third-order valence-corrected chi connectivity index (χ3v) is 3.68. The quantitative estimate of drug-likeness (QED) is 0.469. The van der Waals surface area contributed by atoms with Crippen LogP contribution < -0.4 is 5.56 Å². The summed E-state index contributed by atoms with van der Waals surface area (Å²) in [6.45, 7) is 0. The minimum atomic E-state index is -0.0347. The lowest BCUT2D eigenvalue weighted by atomic mass is 9.98. The maximum atomic E-state index is 11.8. The molecule has 0 spiro atoms. The van der Waals surface area contributed by atoms with E-state index < -0.39 is 0 Å². The van der Waals surface area contributed by atoms with Crippen molar-refractivity contribution in [3.63, 3.8) is 0 Å². The maximum Gasteiger partial charge on any atom is 0.255 e. The van der Waals surface area contributed by atoms with Gasteiger partial charge in [0.1, 0.15) is 0 Å². The number of benzene rings is 3. The average Bonchev–Trinajstić information content (AvgIpc) is 2.47. The highest BCUT2D eigenvalue weighted by Crippen LogP contribution is 2.29. The van der Waals surface area contributed by atoms with Crippen LogP contribution >= 0.6 is 0 Å². The molecule has 0 aliphatic heterocycles. The Morgan fingerprint density at radius 2 is 1.32 bits per heavy atom. The number of rotatable bonds is 0. The standard InChI is InChI=1S/C17H11NO/c19-17-16-8-7-13-12-4-2-1-3-11(12)5-6-14(13)15(16)9-10-18-17/h1-10H,(H,18,19). The molecule has 4 rings (SSSR count). The molecular weight excluding hydrogens is 234 g/mol. The highest BCUT2D eigenvalue weighted by atomic mass is 16.1. The molecule has 2 nitrogen and oxygen atoms in total. The van der Waals surface area contributed by atoms with Crippen molar-refractivity contribution in [1.29, 1.82) is 0 Å². The van der Waals surface area contributed by atoms with Gasteiger partial charge >= 0.3 is 0 Å². The van der Waals surface area contributed by atoms with E-state index in [1.165, 1.54) is 16.2 Å². The van der Waals surface area contributed by atoms with Crippen molar-refractivity contribution in [3.05, 3.63) is 71.1 Å². The summed E-state index contributed by atoms with van der Waals surface area (Å²) in [7, 11) is 0. The van der Waals surface area contributed by atoms with E-state index in [0.29, 0.717) is 0 Å². The Kier molecular flexibility index (Phi) is 2.00. The lowest BCUT2D eigenvalue weighted by molar-refractivity contribution is 1.28. The first-order chi connectivity index (χ1) is 9.34. The second-order valence-corrected chi connectivity index (χ2v) is 4.72. The molecule has 0 saturated heterocycles. The van der Waals surface area contributed by atoms with Crippen LogP contribution in [-0.2, 0) is 0 Å². The maximum absolute atomic E-state index is 11.8. The predicted octanol–water partition coefficient (Wildman–Crippen LogP) is 3.83. The zero-order valence-corrected chi connectivity index (χ0v) is 10.2. The molecule has 0 bridgehead atoms. The van der Waals surface area contributed by atoms with Crippen molar-refractivity contribution in [3.8, 4) is 0 Å². The summed E-state index contributed by atoms with van der Waals surface area (Å²) in [5, 5.41) is 6.51. The second-order valence-electron chi connectivity index (χ2n) is 4.72. The number of H-pyrrole nitrogens is 1. The van der Waals surface area contributed by atoms with Gasteiger partial charge in [-0.2, -0.15) is 0 Å². The molecule has 19 heavy (non-hydrogen) atoms. The van der Waals surface area contributed by atoms with Gasteiger partial charge in [-0.15, -0.1) is 0 Å². The largest absolute Gasteiger partial charge is 0.329 e. The van der Waals surface area contributed by atoms with Gasteiger partial charge in [0.2, 0.25) is 0 Å². The Hall–Kier alpha value is -2.61. The van der Waals surface area contributed by atoms with Crippen LogP contribution in [0.25, 0.3) is 32.3 Å². The molecule has 0 unspecified atom stereocenters. The summed E-state index contributed by atoms with van der Waals surface area (Å²) < 4.78 is 0. The fourth-order valence-electron chi connectivity index (χ4n) is 2.77. The van der Waals surface area contributed by atoms with Gasteiger partial charge in [0.05, 0.1) is 0 Å². The minimum absolute atomic E-state index is 0.0347. The van der Waals surface area contributed by atoms with E-state index in [1.54, 1.807) is 6.20 Å². The molecule has 3 aromatic carbocycles. The molecule has 4 aromatic rings. The lowest BCUT2D eigenvalue weighted by Crippen LogP contribution is -2.04. The Morgan fingerprint density at radius 3 is 2.26 bits per heavy atom. The summed E-state index contributed by atoms with van der Waals surface area (Å²) >= 11 is 0. The molecule has 1 N–H and O–H groups in total. The molecule has 0 atom stereocenters. The first kappa shape index (κ1) is 10.3. The molecule has 90 valence electrons. The summed E-state index contributed by atoms with van der Waals surface area (Å²) in [6, 6.07) is 18.4. The molecular formula is C17H11NO. The molecule has 0 fully saturated rings. The SMILES string of the molecule is O=c1[nH]ccc2c1ccc1c3ccccc3ccc21. The molecule has 0 aliphatic carbocycles. The van der Waals surface area contributed by atoms with E-state index in [1.807, 2.05) is 30.3 Å². The summed E-state index contributed by atoms with van der Waals surface area (Å²) in [5.41, 5.74) is -0.0347. The molecule has 2 heteroatoms. The van der Waals surface area contributed by atoms with E-state index in [0.717, 1.165) is 16.2 Å². The molecule has 0 radical (unpaired) electrons. The zero-order chi connectivity index (χ0) is 12.8. The summed E-state index contributed by atoms with van der Waals surface area (Å²) in [4.78, 5) is 14.6. The van der Waals surface area contributed by atoms with Crippen molar-refractivity contribution in [2.45, 2.75) is 0 Å². The first-order valence-electron chi connectivity index (χ1n) is 6.26. The number of nitrogens with one attached hydrogen (secondary N) is 1. The summed E-state index contributed by atoms with van der Waals surface area (Å²) in [5.74, 6) is 0. The van der Waals surface area contributed by atoms with Crippen LogP contribution in [0.1, 0.15) is 0 Å². The number of fused-ring (bicyclic) bond motifs is 5. The van der Waals surface area contributed by atoms with E-state index in [9.17, 15) is 4.79 Å². The van der Waals surface area contributed by atoms with Gasteiger partial charge in [0, 0.05) is 11.6 Å².